The molecule has 0 unspecified atom stereocenters. The summed E-state index contributed by atoms with van der Waals surface area (Å²) in [6, 6.07) is 5.56. The summed E-state index contributed by atoms with van der Waals surface area (Å²) in [6.07, 6.45) is 0. The molecular weight excluding hydrogens is 268 g/mol. The lowest BCUT2D eigenvalue weighted by Crippen LogP contribution is -2.30. The quantitative estimate of drug-likeness (QED) is 0.772. The van der Waals surface area contributed by atoms with E-state index in [1.165, 1.54) is 0 Å². The van der Waals surface area contributed by atoms with Crippen molar-refractivity contribution in [2.75, 3.05) is 25.5 Å². The molecule has 0 aliphatic heterocycles. The van der Waals surface area contributed by atoms with Crippen molar-refractivity contribution in [3.05, 3.63) is 23.8 Å². The predicted molar refractivity (Wildman–Crippen MR) is 85.4 cm³/mol. The van der Waals surface area contributed by atoms with Gasteiger partial charge in [-0.3, -0.25) is 0 Å². The number of hydrogen-bond acceptors (Lipinski definition) is 4. The molecule has 0 aliphatic carbocycles. The number of hydrogen-bond donors (Lipinski definition) is 2. The number of carbonyl (C=O) groups is 1. The topological polar surface area (TPSA) is 61.8 Å². The molecule has 21 heavy (non-hydrogen) atoms. The van der Waals surface area contributed by atoms with Crippen LogP contribution in [0.25, 0.3) is 0 Å². The highest BCUT2D eigenvalue weighted by Gasteiger charge is 2.11. The van der Waals surface area contributed by atoms with Crippen molar-refractivity contribution in [2.24, 2.45) is 0 Å². The minimum atomic E-state index is -0.937. The first-order chi connectivity index (χ1) is 9.81. The first-order valence-corrected chi connectivity index (χ1v) is 7.28. The number of carboxylic acid groups (broad SMARTS) is 1. The standard InChI is InChI=1S/C16H26N2O3/c1-11(2)17-14-10-13(16(19)20)6-7-15(14)21-9-8-18(5)12(3)4/h6-7,10-12,17H,8-9H2,1-5H3,(H,19,20). The largest absolute Gasteiger partial charge is 0.490 e. The molecule has 0 fully saturated rings. The average molecular weight is 294 g/mol. The van der Waals surface area contributed by atoms with E-state index in [4.69, 9.17) is 9.84 Å². The summed E-state index contributed by atoms with van der Waals surface area (Å²) in [5, 5.41) is 12.3. The summed E-state index contributed by atoms with van der Waals surface area (Å²) in [4.78, 5) is 13.2. The van der Waals surface area contributed by atoms with Gasteiger partial charge in [0, 0.05) is 18.6 Å². The molecule has 0 heterocycles. The molecule has 1 rings (SSSR count). The van der Waals surface area contributed by atoms with E-state index in [1.807, 2.05) is 13.8 Å². The molecule has 118 valence electrons. The van der Waals surface area contributed by atoms with Crippen LogP contribution in [-0.2, 0) is 0 Å². The van der Waals surface area contributed by atoms with Crippen LogP contribution in [0.1, 0.15) is 38.1 Å². The summed E-state index contributed by atoms with van der Waals surface area (Å²) >= 11 is 0. The highest BCUT2D eigenvalue weighted by atomic mass is 16.5. The zero-order valence-corrected chi connectivity index (χ0v) is 13.5. The Morgan fingerprint density at radius 3 is 2.52 bits per heavy atom. The van der Waals surface area contributed by atoms with Crippen molar-refractivity contribution < 1.29 is 14.6 Å². The Bertz CT molecular complexity index is 473. The van der Waals surface area contributed by atoms with E-state index >= 15 is 0 Å². The molecule has 0 saturated heterocycles. The first-order valence-electron chi connectivity index (χ1n) is 7.28. The second-order valence-corrected chi connectivity index (χ2v) is 5.74. The van der Waals surface area contributed by atoms with Crippen molar-refractivity contribution >= 4 is 11.7 Å². The van der Waals surface area contributed by atoms with E-state index in [1.54, 1.807) is 18.2 Å². The van der Waals surface area contributed by atoms with Gasteiger partial charge in [-0.05, 0) is 52.9 Å². The molecule has 5 nitrogen and oxygen atoms in total. The lowest BCUT2D eigenvalue weighted by molar-refractivity contribution is 0.0697. The van der Waals surface area contributed by atoms with Gasteiger partial charge in [0.05, 0.1) is 11.3 Å². The van der Waals surface area contributed by atoms with Crippen LogP contribution in [0.2, 0.25) is 0 Å². The molecule has 1 aromatic carbocycles. The van der Waals surface area contributed by atoms with Crippen LogP contribution in [0.3, 0.4) is 0 Å². The van der Waals surface area contributed by atoms with E-state index in [9.17, 15) is 4.79 Å². The Kier molecular flexibility index (Phi) is 6.49. The van der Waals surface area contributed by atoms with Crippen molar-refractivity contribution in [1.82, 2.24) is 4.90 Å². The third-order valence-electron chi connectivity index (χ3n) is 3.25. The third kappa shape index (κ3) is 5.63. The van der Waals surface area contributed by atoms with Gasteiger partial charge < -0.3 is 20.1 Å². The van der Waals surface area contributed by atoms with Gasteiger partial charge in [-0.15, -0.1) is 0 Å². The number of likely N-dealkylation sites (N-methyl/N-ethyl adjacent to an activating group) is 1. The zero-order chi connectivity index (χ0) is 16.0. The maximum absolute atomic E-state index is 11.1. The van der Waals surface area contributed by atoms with Crippen LogP contribution in [0.5, 0.6) is 5.75 Å². The molecular formula is C16H26N2O3. The molecule has 0 radical (unpaired) electrons. The Hall–Kier alpha value is -1.75. The van der Waals surface area contributed by atoms with Gasteiger partial charge in [0.2, 0.25) is 0 Å². The van der Waals surface area contributed by atoms with Gasteiger partial charge in [0.25, 0.3) is 0 Å². The number of aromatic carboxylic acids is 1. The number of nitrogens with one attached hydrogen (secondary N) is 1. The second-order valence-electron chi connectivity index (χ2n) is 5.74. The van der Waals surface area contributed by atoms with Gasteiger partial charge in [-0.2, -0.15) is 0 Å². The Balaban J connectivity index is 2.78. The van der Waals surface area contributed by atoms with Crippen molar-refractivity contribution in [3.8, 4) is 5.75 Å². The summed E-state index contributed by atoms with van der Waals surface area (Å²) < 4.78 is 5.80. The highest BCUT2D eigenvalue weighted by molar-refractivity contribution is 5.89. The summed E-state index contributed by atoms with van der Waals surface area (Å²) in [5.74, 6) is -0.251. The van der Waals surface area contributed by atoms with Crippen molar-refractivity contribution in [2.45, 2.75) is 39.8 Å². The Labute approximate surface area is 126 Å². The maximum atomic E-state index is 11.1. The number of rotatable bonds is 8. The first kappa shape index (κ1) is 17.3. The molecule has 1 aromatic rings. The smallest absolute Gasteiger partial charge is 0.335 e. The van der Waals surface area contributed by atoms with E-state index in [2.05, 4.69) is 31.1 Å². The zero-order valence-electron chi connectivity index (χ0n) is 13.5. The monoisotopic (exact) mass is 294 g/mol. The minimum Gasteiger partial charge on any atom is -0.490 e. The summed E-state index contributed by atoms with van der Waals surface area (Å²) in [6.45, 7) is 9.65. The molecule has 0 bridgehead atoms. The summed E-state index contributed by atoms with van der Waals surface area (Å²) in [7, 11) is 2.05. The van der Waals surface area contributed by atoms with E-state index in [0.717, 1.165) is 12.2 Å². The lowest BCUT2D eigenvalue weighted by atomic mass is 10.1. The van der Waals surface area contributed by atoms with Crippen LogP contribution in [0.15, 0.2) is 18.2 Å². The van der Waals surface area contributed by atoms with Crippen LogP contribution < -0.4 is 10.1 Å². The summed E-state index contributed by atoms with van der Waals surface area (Å²) in [5.41, 5.74) is 0.974. The van der Waals surface area contributed by atoms with Gasteiger partial charge in [0.15, 0.2) is 0 Å². The number of anilines is 1. The number of benzene rings is 1. The van der Waals surface area contributed by atoms with Gasteiger partial charge >= 0.3 is 5.97 Å². The molecule has 0 amide bonds. The fraction of sp³-hybridized carbons (Fsp3) is 0.562. The molecule has 0 saturated carbocycles. The molecule has 0 atom stereocenters. The molecule has 0 aliphatic rings. The SMILES string of the molecule is CC(C)Nc1cc(C(=O)O)ccc1OCCN(C)C(C)C. The van der Waals surface area contributed by atoms with Crippen molar-refractivity contribution in [1.29, 1.82) is 0 Å². The molecule has 0 spiro atoms. The maximum Gasteiger partial charge on any atom is 0.335 e. The second kappa shape index (κ2) is 7.88. The van der Waals surface area contributed by atoms with Crippen molar-refractivity contribution in [3.63, 3.8) is 0 Å². The third-order valence-corrected chi connectivity index (χ3v) is 3.25. The van der Waals surface area contributed by atoms with Gasteiger partial charge in [-0.25, -0.2) is 4.79 Å². The average Bonchev–Trinajstić information content (AvgIpc) is 2.39. The van der Waals surface area contributed by atoms with E-state index < -0.39 is 5.97 Å². The van der Waals surface area contributed by atoms with Crippen LogP contribution >= 0.6 is 0 Å². The van der Waals surface area contributed by atoms with Crippen LogP contribution in [-0.4, -0.2) is 48.3 Å². The fourth-order valence-electron chi connectivity index (χ4n) is 1.77. The number of nitrogens with zero attached hydrogens (tertiary/aromatic N) is 1. The molecule has 2 N–H and O–H groups in total. The Morgan fingerprint density at radius 2 is 2.00 bits per heavy atom. The van der Waals surface area contributed by atoms with Crippen LogP contribution in [0.4, 0.5) is 5.69 Å². The predicted octanol–water partition coefficient (Wildman–Crippen LogP) is 2.92. The molecule has 0 aromatic heterocycles. The van der Waals surface area contributed by atoms with Gasteiger partial charge in [-0.1, -0.05) is 0 Å². The molecule has 5 heteroatoms. The van der Waals surface area contributed by atoms with E-state index in [-0.39, 0.29) is 11.6 Å². The number of ether oxygens (including phenoxy) is 1. The fourth-order valence-corrected chi connectivity index (χ4v) is 1.77. The number of carboxylic acids is 1. The highest BCUT2D eigenvalue weighted by Crippen LogP contribution is 2.26. The minimum absolute atomic E-state index is 0.203. The lowest BCUT2D eigenvalue weighted by Gasteiger charge is -2.22. The van der Waals surface area contributed by atoms with E-state index in [0.29, 0.717) is 18.4 Å². The normalized spacial score (nSPS) is 11.2. The van der Waals surface area contributed by atoms with Crippen LogP contribution in [0, 0.1) is 0 Å². The van der Waals surface area contributed by atoms with Gasteiger partial charge in [0.1, 0.15) is 12.4 Å². The Morgan fingerprint density at radius 1 is 1.33 bits per heavy atom.